The van der Waals surface area contributed by atoms with E-state index in [0.29, 0.717) is 12.8 Å². The highest BCUT2D eigenvalue weighted by Crippen LogP contribution is 2.53. The Balaban J connectivity index is 1.55. The number of carbonyl (C=O) groups is 1. The predicted octanol–water partition coefficient (Wildman–Crippen LogP) is 1.99. The number of aromatic nitrogens is 1. The number of hydrogen-bond donors (Lipinski definition) is 4. The van der Waals surface area contributed by atoms with Crippen molar-refractivity contribution in [3.8, 4) is 0 Å². The first kappa shape index (κ1) is 24.8. The number of aryl methyl sites for hydroxylation is 1. The molecule has 0 spiro atoms. The van der Waals surface area contributed by atoms with E-state index in [0.717, 1.165) is 12.1 Å². The summed E-state index contributed by atoms with van der Waals surface area (Å²) in [5.74, 6) is -3.82. The molecule has 186 valence electrons. The molecule has 8 nitrogen and oxygen atoms in total. The average molecular weight is 499 g/mol. The van der Waals surface area contributed by atoms with Gasteiger partial charge in [0, 0.05) is 25.0 Å². The number of carbonyl (C=O) groups excluding carboxylic acids is 1. The molecule has 2 aliphatic carbocycles. The second kappa shape index (κ2) is 8.71. The summed E-state index contributed by atoms with van der Waals surface area (Å²) in [6, 6.07) is 4.13. The molecule has 2 unspecified atom stereocenters. The molecule has 0 saturated heterocycles. The Morgan fingerprint density at radius 1 is 1.15 bits per heavy atom. The van der Waals surface area contributed by atoms with Crippen LogP contribution in [0.2, 0.25) is 0 Å². The highest BCUT2D eigenvalue weighted by Gasteiger charge is 2.59. The molecule has 1 aromatic carbocycles. The van der Waals surface area contributed by atoms with Gasteiger partial charge in [0.2, 0.25) is 0 Å². The lowest BCUT2D eigenvalue weighted by Gasteiger charge is -2.46. The monoisotopic (exact) mass is 498 g/mol. The Hall–Kier alpha value is -2.34. The number of aliphatic hydroxyl groups excluding tert-OH is 2. The largest absolute Gasteiger partial charge is 0.391 e. The number of halogens is 2. The molecule has 34 heavy (non-hydrogen) atoms. The van der Waals surface area contributed by atoms with Crippen LogP contribution in [0.15, 0.2) is 35.4 Å². The summed E-state index contributed by atoms with van der Waals surface area (Å²) in [6.07, 6.45) is 0.168. The maximum atomic E-state index is 13.4. The zero-order valence-electron chi connectivity index (χ0n) is 18.8. The molecular formula is C23H28F2N2O6S. The van der Waals surface area contributed by atoms with Crippen molar-refractivity contribution < 1.29 is 37.3 Å². The van der Waals surface area contributed by atoms with Gasteiger partial charge in [-0.1, -0.05) is 0 Å². The molecule has 1 heterocycles. The van der Waals surface area contributed by atoms with Gasteiger partial charge in [0.05, 0.1) is 21.9 Å². The van der Waals surface area contributed by atoms with Crippen molar-refractivity contribution in [1.29, 1.82) is 0 Å². The third kappa shape index (κ3) is 4.04. The number of nitrogens with zero attached hydrogens (tertiary/aromatic N) is 1. The zero-order valence-corrected chi connectivity index (χ0v) is 19.6. The van der Waals surface area contributed by atoms with E-state index in [9.17, 15) is 37.3 Å². The minimum absolute atomic E-state index is 0.0168. The molecule has 4 N–H and O–H groups in total. The number of amides is 1. The second-order valence-electron chi connectivity index (χ2n) is 9.44. The Morgan fingerprint density at radius 3 is 2.32 bits per heavy atom. The van der Waals surface area contributed by atoms with Crippen molar-refractivity contribution in [3.05, 3.63) is 47.8 Å². The lowest BCUT2D eigenvalue weighted by Crippen LogP contribution is -2.58. The number of rotatable bonds is 6. The first-order valence-electron chi connectivity index (χ1n) is 11.1. The fraction of sp³-hybridized carbons (Fsp3) is 0.522. The molecule has 1 amide bonds. The van der Waals surface area contributed by atoms with Crippen molar-refractivity contribution in [1.82, 2.24) is 4.57 Å². The summed E-state index contributed by atoms with van der Waals surface area (Å²) in [6.45, 7) is 1.39. The molecule has 2 bridgehead atoms. The number of anilines is 1. The van der Waals surface area contributed by atoms with Crippen molar-refractivity contribution in [3.63, 3.8) is 0 Å². The fourth-order valence-electron chi connectivity index (χ4n) is 5.54. The van der Waals surface area contributed by atoms with Crippen molar-refractivity contribution in [2.75, 3.05) is 5.32 Å². The van der Waals surface area contributed by atoms with E-state index in [1.165, 1.54) is 36.9 Å². The third-order valence-corrected chi connectivity index (χ3v) is 9.50. The normalized spacial score (nSPS) is 28.5. The fourth-order valence-corrected chi connectivity index (χ4v) is 7.48. The topological polar surface area (TPSA) is 129 Å². The highest BCUT2D eigenvalue weighted by molar-refractivity contribution is 7.92. The van der Waals surface area contributed by atoms with Gasteiger partial charge in [0.25, 0.3) is 5.91 Å². The van der Waals surface area contributed by atoms with E-state index in [1.54, 1.807) is 0 Å². The van der Waals surface area contributed by atoms with Crippen LogP contribution in [0.25, 0.3) is 0 Å². The molecule has 0 aliphatic heterocycles. The lowest BCUT2D eigenvalue weighted by atomic mass is 9.70. The molecule has 1 aromatic heterocycles. The summed E-state index contributed by atoms with van der Waals surface area (Å²) < 4.78 is 54.7. The van der Waals surface area contributed by atoms with E-state index in [4.69, 9.17) is 0 Å². The van der Waals surface area contributed by atoms with E-state index in [-0.39, 0.29) is 29.1 Å². The first-order chi connectivity index (χ1) is 15.9. The summed E-state index contributed by atoms with van der Waals surface area (Å²) in [5.41, 5.74) is -1.50. The van der Waals surface area contributed by atoms with Gasteiger partial charge in [-0.25, -0.2) is 17.2 Å². The number of hydrogen-bond acceptors (Lipinski definition) is 6. The van der Waals surface area contributed by atoms with Gasteiger partial charge < -0.3 is 25.2 Å². The molecule has 4 rings (SSSR count). The van der Waals surface area contributed by atoms with Crippen LogP contribution in [-0.4, -0.2) is 57.3 Å². The molecule has 2 saturated carbocycles. The van der Waals surface area contributed by atoms with E-state index in [1.807, 2.05) is 0 Å². The molecule has 2 aromatic rings. The number of fused-ring (bicyclic) bond motifs is 2. The first-order valence-corrected chi connectivity index (χ1v) is 12.7. The Kier molecular flexibility index (Phi) is 6.34. The van der Waals surface area contributed by atoms with Crippen LogP contribution in [0, 0.1) is 23.5 Å². The van der Waals surface area contributed by atoms with Crippen LogP contribution in [-0.2, 0) is 16.9 Å². The average Bonchev–Trinajstić information content (AvgIpc) is 3.21. The summed E-state index contributed by atoms with van der Waals surface area (Å²) >= 11 is 0. The van der Waals surface area contributed by atoms with Gasteiger partial charge in [-0.15, -0.1) is 0 Å². The minimum atomic E-state index is -3.87. The Labute approximate surface area is 196 Å². The summed E-state index contributed by atoms with van der Waals surface area (Å²) in [5, 5.41) is 33.0. The third-order valence-electron chi connectivity index (χ3n) is 7.35. The van der Waals surface area contributed by atoms with Gasteiger partial charge in [-0.3, -0.25) is 4.79 Å². The number of nitrogens with one attached hydrogen (secondary N) is 1. The van der Waals surface area contributed by atoms with Crippen LogP contribution in [0.4, 0.5) is 14.5 Å². The second-order valence-corrected chi connectivity index (χ2v) is 11.7. The Morgan fingerprint density at radius 2 is 1.76 bits per heavy atom. The van der Waals surface area contributed by atoms with Gasteiger partial charge in [0.15, 0.2) is 21.5 Å². The molecule has 11 heteroatoms. The highest BCUT2D eigenvalue weighted by atomic mass is 32.2. The van der Waals surface area contributed by atoms with Crippen LogP contribution in [0.1, 0.15) is 43.1 Å². The van der Waals surface area contributed by atoms with Crippen LogP contribution < -0.4 is 5.32 Å². The smallest absolute Gasteiger partial charge is 0.272 e. The SMILES string of the molecule is C[C@H](O)[C@@H](O)C1(O)[C@@H]2CC[C@H]1CC(S(=O)(=O)c1cc(C(=O)Nc3ccc(F)c(F)c3)n(C)c1)C2. The number of aliphatic hydroxyl groups is 3. The minimum Gasteiger partial charge on any atom is -0.391 e. The number of benzene rings is 1. The quantitative estimate of drug-likeness (QED) is 0.482. The van der Waals surface area contributed by atoms with E-state index < -0.39 is 62.3 Å². The standard InChI is InChI=1S/C23H28F2N2O6S/c1-12(28)21(29)23(31)13-3-4-14(23)8-16(7-13)34(32,33)17-10-20(27(2)11-17)22(30)26-15-5-6-18(24)19(25)9-15/h5-6,9-14,16,21,28-29,31H,3-4,7-8H2,1-2H3,(H,26,30)/t12-,13-,14+,16?,21+,23?/m0/s1. The van der Waals surface area contributed by atoms with Crippen LogP contribution >= 0.6 is 0 Å². The van der Waals surface area contributed by atoms with Crippen molar-refractivity contribution >= 4 is 21.4 Å². The van der Waals surface area contributed by atoms with Gasteiger partial charge in [-0.05, 0) is 62.6 Å². The van der Waals surface area contributed by atoms with E-state index in [2.05, 4.69) is 5.32 Å². The van der Waals surface area contributed by atoms with Crippen molar-refractivity contribution in [2.24, 2.45) is 18.9 Å². The number of sulfone groups is 1. The van der Waals surface area contributed by atoms with Crippen molar-refractivity contribution in [2.45, 2.75) is 60.6 Å². The van der Waals surface area contributed by atoms with Gasteiger partial charge >= 0.3 is 0 Å². The lowest BCUT2D eigenvalue weighted by molar-refractivity contribution is -0.172. The van der Waals surface area contributed by atoms with E-state index >= 15 is 0 Å². The molecule has 2 aliphatic rings. The van der Waals surface area contributed by atoms with Gasteiger partial charge in [-0.2, -0.15) is 0 Å². The van der Waals surface area contributed by atoms with Gasteiger partial charge in [0.1, 0.15) is 11.8 Å². The molecule has 0 radical (unpaired) electrons. The molecule has 2 fully saturated rings. The summed E-state index contributed by atoms with van der Waals surface area (Å²) in [7, 11) is -2.37. The summed E-state index contributed by atoms with van der Waals surface area (Å²) in [4.78, 5) is 12.6. The predicted molar refractivity (Wildman–Crippen MR) is 119 cm³/mol. The van der Waals surface area contributed by atoms with Crippen LogP contribution in [0.5, 0.6) is 0 Å². The Bertz CT molecular complexity index is 1200. The van der Waals surface area contributed by atoms with Crippen LogP contribution in [0.3, 0.4) is 0 Å². The molecule has 6 atom stereocenters. The zero-order chi connectivity index (χ0) is 25.0. The maximum Gasteiger partial charge on any atom is 0.272 e. The molecular weight excluding hydrogens is 470 g/mol. The maximum absolute atomic E-state index is 13.4.